The maximum Gasteiger partial charge on any atom is 0.228 e. The van der Waals surface area contributed by atoms with Crippen molar-refractivity contribution in [3.05, 3.63) is 46.3 Å². The molecule has 2 heterocycles. The van der Waals surface area contributed by atoms with Gasteiger partial charge in [0.1, 0.15) is 5.76 Å². The number of hydrogen-bond acceptors (Lipinski definition) is 4. The fourth-order valence-electron chi connectivity index (χ4n) is 4.77. The number of likely N-dealkylation sites (tertiary alicyclic amines) is 1. The van der Waals surface area contributed by atoms with E-state index in [2.05, 4.69) is 16.5 Å². The molecule has 1 aliphatic carbocycles. The van der Waals surface area contributed by atoms with Crippen LogP contribution in [0.3, 0.4) is 0 Å². The van der Waals surface area contributed by atoms with Gasteiger partial charge in [0.2, 0.25) is 11.8 Å². The Morgan fingerprint density at radius 2 is 1.79 bits per heavy atom. The van der Waals surface area contributed by atoms with E-state index in [0.717, 1.165) is 66.2 Å². The number of piperidine rings is 1. The molecule has 1 aliphatic heterocycles. The number of rotatable bonds is 4. The average Bonchev–Trinajstić information content (AvgIpc) is 3.27. The van der Waals surface area contributed by atoms with E-state index >= 15 is 0 Å². The van der Waals surface area contributed by atoms with E-state index in [-0.39, 0.29) is 23.1 Å². The van der Waals surface area contributed by atoms with E-state index < -0.39 is 0 Å². The van der Waals surface area contributed by atoms with Crippen molar-refractivity contribution in [2.45, 2.75) is 53.4 Å². The second-order valence-corrected chi connectivity index (χ2v) is 8.85. The van der Waals surface area contributed by atoms with Crippen molar-refractivity contribution in [1.82, 2.24) is 10.1 Å². The standard InChI is InChI=1S/C23H29N3O3/c1-14-9-15(2)11-18(10-14)24-22(28)20-13-23(20)5-7-26(8-6-23)21(27)12-19-16(3)25-29-17(19)4/h9-11,20H,5-8,12-13H2,1-4H3,(H,24,28). The summed E-state index contributed by atoms with van der Waals surface area (Å²) in [5.74, 6) is 1.01. The number of amides is 2. The van der Waals surface area contributed by atoms with Crippen molar-refractivity contribution in [2.24, 2.45) is 11.3 Å². The number of nitrogens with one attached hydrogen (secondary N) is 1. The molecule has 2 aromatic rings. The summed E-state index contributed by atoms with van der Waals surface area (Å²) >= 11 is 0. The first-order valence-electron chi connectivity index (χ1n) is 10.4. The maximum absolute atomic E-state index is 12.8. The van der Waals surface area contributed by atoms with Crippen LogP contribution in [0.15, 0.2) is 22.7 Å². The molecule has 1 atom stereocenters. The van der Waals surface area contributed by atoms with Gasteiger partial charge in [0.25, 0.3) is 0 Å². The molecule has 6 heteroatoms. The molecular weight excluding hydrogens is 366 g/mol. The SMILES string of the molecule is Cc1cc(C)cc(NC(=O)C2CC23CCN(C(=O)Cc2c(C)noc2C)CC3)c1. The molecule has 1 saturated carbocycles. The number of aryl methyl sites for hydroxylation is 4. The second-order valence-electron chi connectivity index (χ2n) is 8.85. The van der Waals surface area contributed by atoms with Gasteiger partial charge >= 0.3 is 0 Å². The highest BCUT2D eigenvalue weighted by molar-refractivity contribution is 5.95. The topological polar surface area (TPSA) is 75.4 Å². The quantitative estimate of drug-likeness (QED) is 0.856. The smallest absolute Gasteiger partial charge is 0.228 e. The minimum atomic E-state index is 0.0585. The molecule has 1 aromatic heterocycles. The van der Waals surface area contributed by atoms with Gasteiger partial charge in [-0.3, -0.25) is 9.59 Å². The Balaban J connectivity index is 1.32. The van der Waals surface area contributed by atoms with E-state index in [1.54, 1.807) is 0 Å². The highest BCUT2D eigenvalue weighted by Crippen LogP contribution is 2.59. The molecule has 2 fully saturated rings. The molecule has 1 spiro atoms. The highest BCUT2D eigenvalue weighted by atomic mass is 16.5. The molecule has 4 rings (SSSR count). The predicted molar refractivity (Wildman–Crippen MR) is 111 cm³/mol. The summed E-state index contributed by atoms with van der Waals surface area (Å²) in [6.45, 7) is 9.22. The van der Waals surface area contributed by atoms with Gasteiger partial charge in [-0.2, -0.15) is 0 Å². The first-order chi connectivity index (χ1) is 13.8. The zero-order chi connectivity index (χ0) is 20.8. The fourth-order valence-corrected chi connectivity index (χ4v) is 4.77. The first-order valence-corrected chi connectivity index (χ1v) is 10.4. The van der Waals surface area contributed by atoms with Crippen molar-refractivity contribution in [3.63, 3.8) is 0 Å². The van der Waals surface area contributed by atoms with E-state index in [4.69, 9.17) is 4.52 Å². The molecule has 2 amide bonds. The van der Waals surface area contributed by atoms with Gasteiger partial charge in [-0.15, -0.1) is 0 Å². The molecule has 1 unspecified atom stereocenters. The molecule has 154 valence electrons. The number of benzene rings is 1. The van der Waals surface area contributed by atoms with E-state index in [1.807, 2.05) is 44.7 Å². The first kappa shape index (κ1) is 19.7. The van der Waals surface area contributed by atoms with Gasteiger partial charge < -0.3 is 14.7 Å². The molecule has 1 N–H and O–H groups in total. The third kappa shape index (κ3) is 3.93. The Bertz CT molecular complexity index is 915. The number of carbonyl (C=O) groups is 2. The summed E-state index contributed by atoms with van der Waals surface area (Å²) in [7, 11) is 0. The largest absolute Gasteiger partial charge is 0.361 e. The van der Waals surface area contributed by atoms with Crippen LogP contribution in [0.5, 0.6) is 0 Å². The van der Waals surface area contributed by atoms with Crippen molar-refractivity contribution in [1.29, 1.82) is 0 Å². The maximum atomic E-state index is 12.8. The van der Waals surface area contributed by atoms with Crippen LogP contribution >= 0.6 is 0 Å². The van der Waals surface area contributed by atoms with Crippen LogP contribution in [0, 0.1) is 39.0 Å². The number of anilines is 1. The number of carbonyl (C=O) groups excluding carboxylic acids is 2. The Labute approximate surface area is 171 Å². The van der Waals surface area contributed by atoms with Crippen LogP contribution in [-0.4, -0.2) is 35.0 Å². The molecule has 6 nitrogen and oxygen atoms in total. The van der Waals surface area contributed by atoms with Crippen molar-refractivity contribution in [3.8, 4) is 0 Å². The lowest BCUT2D eigenvalue weighted by molar-refractivity contribution is -0.132. The van der Waals surface area contributed by atoms with Gasteiger partial charge in [0.05, 0.1) is 12.1 Å². The molecule has 29 heavy (non-hydrogen) atoms. The Kier molecular flexibility index (Phi) is 4.97. The predicted octanol–water partition coefficient (Wildman–Crippen LogP) is 3.72. The Morgan fingerprint density at radius 1 is 1.14 bits per heavy atom. The van der Waals surface area contributed by atoms with Gasteiger partial charge in [0.15, 0.2) is 0 Å². The van der Waals surface area contributed by atoms with Crippen LogP contribution in [-0.2, 0) is 16.0 Å². The zero-order valence-corrected chi connectivity index (χ0v) is 17.7. The molecule has 1 aromatic carbocycles. The van der Waals surface area contributed by atoms with E-state index in [1.165, 1.54) is 0 Å². The third-order valence-electron chi connectivity index (χ3n) is 6.62. The van der Waals surface area contributed by atoms with Crippen LogP contribution in [0.25, 0.3) is 0 Å². The van der Waals surface area contributed by atoms with Gasteiger partial charge in [-0.05, 0) is 75.6 Å². The van der Waals surface area contributed by atoms with E-state index in [9.17, 15) is 9.59 Å². The van der Waals surface area contributed by atoms with Crippen molar-refractivity contribution in [2.75, 3.05) is 18.4 Å². The van der Waals surface area contributed by atoms with E-state index in [0.29, 0.717) is 6.42 Å². The summed E-state index contributed by atoms with van der Waals surface area (Å²) < 4.78 is 5.17. The molecule has 1 saturated heterocycles. The highest BCUT2D eigenvalue weighted by Gasteiger charge is 2.58. The Hall–Kier alpha value is -2.63. The van der Waals surface area contributed by atoms with Gasteiger partial charge in [-0.1, -0.05) is 11.2 Å². The number of aromatic nitrogens is 1. The lowest BCUT2D eigenvalue weighted by Crippen LogP contribution is -2.41. The minimum Gasteiger partial charge on any atom is -0.361 e. The molecular formula is C23H29N3O3. The monoisotopic (exact) mass is 395 g/mol. The summed E-state index contributed by atoms with van der Waals surface area (Å²) in [6, 6.07) is 6.12. The van der Waals surface area contributed by atoms with Crippen LogP contribution < -0.4 is 5.32 Å². The molecule has 0 radical (unpaired) electrons. The Morgan fingerprint density at radius 3 is 2.38 bits per heavy atom. The van der Waals surface area contributed by atoms with Crippen LogP contribution in [0.4, 0.5) is 5.69 Å². The van der Waals surface area contributed by atoms with Crippen molar-refractivity contribution < 1.29 is 14.1 Å². The second kappa shape index (κ2) is 7.32. The normalized spacial score (nSPS) is 20.0. The van der Waals surface area contributed by atoms with Crippen LogP contribution in [0.1, 0.15) is 47.4 Å². The van der Waals surface area contributed by atoms with Gasteiger partial charge in [-0.25, -0.2) is 0 Å². The summed E-state index contributed by atoms with van der Waals surface area (Å²) in [5, 5.41) is 7.03. The summed E-state index contributed by atoms with van der Waals surface area (Å²) in [6.07, 6.45) is 3.05. The number of nitrogens with zero attached hydrogens (tertiary/aromatic N) is 2. The fraction of sp³-hybridized carbons (Fsp3) is 0.522. The lowest BCUT2D eigenvalue weighted by Gasteiger charge is -2.33. The summed E-state index contributed by atoms with van der Waals surface area (Å²) in [5.41, 5.74) is 4.93. The lowest BCUT2D eigenvalue weighted by atomic mass is 9.90. The number of hydrogen-bond donors (Lipinski definition) is 1. The minimum absolute atomic E-state index is 0.0585. The molecule has 2 aliphatic rings. The van der Waals surface area contributed by atoms with Crippen LogP contribution in [0.2, 0.25) is 0 Å². The third-order valence-corrected chi connectivity index (χ3v) is 6.62. The van der Waals surface area contributed by atoms with Gasteiger partial charge in [0, 0.05) is 30.3 Å². The summed E-state index contributed by atoms with van der Waals surface area (Å²) in [4.78, 5) is 27.4. The van der Waals surface area contributed by atoms with Crippen molar-refractivity contribution >= 4 is 17.5 Å². The zero-order valence-electron chi connectivity index (χ0n) is 17.7. The average molecular weight is 396 g/mol. The molecule has 0 bridgehead atoms.